The quantitative estimate of drug-likeness (QED) is 0.137. The molecule has 0 saturated heterocycles. The van der Waals surface area contributed by atoms with Crippen LogP contribution in [0.4, 0.5) is 0 Å². The summed E-state index contributed by atoms with van der Waals surface area (Å²) in [6.45, 7) is 3.73. The number of carbonyl (C=O) groups excluding carboxylic acids is 2. The Morgan fingerprint density at radius 2 is 0.896 bits per heavy atom. The normalized spacial score (nSPS) is 16.1. The molecule has 0 aliphatic heterocycles. The van der Waals surface area contributed by atoms with E-state index in [1.807, 2.05) is 135 Å². The van der Waals surface area contributed by atoms with Crippen LogP contribution in [0.2, 0.25) is 0 Å². The van der Waals surface area contributed by atoms with Gasteiger partial charge in [0.15, 0.2) is 0 Å². The van der Waals surface area contributed by atoms with Gasteiger partial charge in [-0.2, -0.15) is 0 Å². The third-order valence-corrected chi connectivity index (χ3v) is 10.6. The van der Waals surface area contributed by atoms with Crippen molar-refractivity contribution in [1.82, 2.24) is 4.90 Å². The lowest BCUT2D eigenvalue weighted by Crippen LogP contribution is -2.67. The van der Waals surface area contributed by atoms with Crippen LogP contribution in [-0.2, 0) is 35.3 Å². The second-order valence-electron chi connectivity index (χ2n) is 13.9. The Balaban J connectivity index is 1.66. The summed E-state index contributed by atoms with van der Waals surface area (Å²) in [6.07, 6.45) is 4.10. The molecule has 2 atom stereocenters. The molecule has 4 N–H and O–H groups in total. The number of hydrogen-bond donors (Lipinski definition) is 3. The minimum Gasteiger partial charge on any atom is -0.387 e. The van der Waals surface area contributed by atoms with Crippen molar-refractivity contribution in [3.8, 4) is 0 Å². The molecule has 48 heavy (non-hydrogen) atoms. The molecule has 0 aromatic heterocycles. The Morgan fingerprint density at radius 1 is 0.604 bits per heavy atom. The van der Waals surface area contributed by atoms with Gasteiger partial charge in [0.05, 0.1) is 23.3 Å². The molecule has 5 rings (SSSR count). The molecule has 4 aromatic carbocycles. The Labute approximate surface area is 285 Å². The van der Waals surface area contributed by atoms with E-state index in [0.29, 0.717) is 25.7 Å². The lowest BCUT2D eigenvalue weighted by molar-refractivity contribution is -0.170. The van der Waals surface area contributed by atoms with Crippen LogP contribution in [0.5, 0.6) is 0 Å². The highest BCUT2D eigenvalue weighted by atomic mass is 16.3. The van der Waals surface area contributed by atoms with Gasteiger partial charge in [-0.05, 0) is 48.9 Å². The first-order chi connectivity index (χ1) is 23.1. The number of carbonyl (C=O) groups is 2. The number of rotatable bonds is 14. The van der Waals surface area contributed by atoms with Gasteiger partial charge in [0.25, 0.3) is 0 Å². The monoisotopic (exact) mass is 646 g/mol. The van der Waals surface area contributed by atoms with Crippen molar-refractivity contribution >= 4 is 11.8 Å². The zero-order valence-electron chi connectivity index (χ0n) is 28.3. The second-order valence-corrected chi connectivity index (χ2v) is 13.9. The van der Waals surface area contributed by atoms with Crippen molar-refractivity contribution < 1.29 is 19.8 Å². The Kier molecular flexibility index (Phi) is 11.2. The average Bonchev–Trinajstić information content (AvgIpc) is 3.10. The topological polar surface area (TPSA) is 104 Å². The first-order valence-electron chi connectivity index (χ1n) is 17.3. The maximum absolute atomic E-state index is 15.3. The third kappa shape index (κ3) is 7.88. The van der Waals surface area contributed by atoms with E-state index in [4.69, 9.17) is 5.73 Å². The summed E-state index contributed by atoms with van der Waals surface area (Å²) < 4.78 is 0. The molecular formula is C42H50N2O4. The molecule has 6 heteroatoms. The molecule has 252 valence electrons. The molecule has 6 nitrogen and oxygen atoms in total. The molecule has 1 fully saturated rings. The summed E-state index contributed by atoms with van der Waals surface area (Å²) in [5.41, 5.74) is 5.51. The van der Waals surface area contributed by atoms with Crippen molar-refractivity contribution in [3.63, 3.8) is 0 Å². The van der Waals surface area contributed by atoms with Crippen LogP contribution in [0.25, 0.3) is 0 Å². The zero-order chi connectivity index (χ0) is 34.2. The molecule has 0 radical (unpaired) electrons. The summed E-state index contributed by atoms with van der Waals surface area (Å²) in [5.74, 6) is -1.05. The summed E-state index contributed by atoms with van der Waals surface area (Å²) in [7, 11) is 0. The third-order valence-electron chi connectivity index (χ3n) is 10.6. The Bertz CT molecular complexity index is 1420. The van der Waals surface area contributed by atoms with Gasteiger partial charge in [-0.3, -0.25) is 9.59 Å². The maximum Gasteiger partial charge on any atom is 0.238 e. The predicted octanol–water partition coefficient (Wildman–Crippen LogP) is 6.46. The molecule has 0 unspecified atom stereocenters. The largest absolute Gasteiger partial charge is 0.387 e. The van der Waals surface area contributed by atoms with E-state index < -0.39 is 40.5 Å². The van der Waals surface area contributed by atoms with Gasteiger partial charge < -0.3 is 20.8 Å². The van der Waals surface area contributed by atoms with Crippen LogP contribution in [0.1, 0.15) is 68.2 Å². The van der Waals surface area contributed by atoms with Crippen LogP contribution in [-0.4, -0.2) is 50.2 Å². The molecule has 1 aliphatic carbocycles. The first kappa shape index (κ1) is 35.1. The lowest BCUT2D eigenvalue weighted by atomic mass is 9.70. The Hall–Kier alpha value is -4.26. The fourth-order valence-corrected chi connectivity index (χ4v) is 7.69. The maximum atomic E-state index is 15.3. The number of primary amides is 1. The first-order valence-corrected chi connectivity index (χ1v) is 17.3. The molecule has 0 spiro atoms. The SMILES string of the molecule is C[C@@H](N(C(=O)C1(C(N)=O)CCCCC1)[C@H](C)C(O)(Cc1ccccc1)Cc1ccccc1)C(O)(Cc1ccccc1)Cc1ccccc1. The highest BCUT2D eigenvalue weighted by Gasteiger charge is 2.54. The fraction of sp³-hybridized carbons (Fsp3) is 0.381. The van der Waals surface area contributed by atoms with Crippen molar-refractivity contribution in [2.24, 2.45) is 11.1 Å². The minimum absolute atomic E-state index is 0.264. The molecule has 0 heterocycles. The number of amides is 2. The van der Waals surface area contributed by atoms with E-state index in [1.165, 1.54) is 0 Å². The highest BCUT2D eigenvalue weighted by Crippen LogP contribution is 2.42. The number of nitrogens with two attached hydrogens (primary N) is 1. The van der Waals surface area contributed by atoms with Gasteiger partial charge >= 0.3 is 0 Å². The predicted molar refractivity (Wildman–Crippen MR) is 191 cm³/mol. The number of hydrogen-bond acceptors (Lipinski definition) is 4. The smallest absolute Gasteiger partial charge is 0.238 e. The van der Waals surface area contributed by atoms with E-state index >= 15 is 4.79 Å². The molecule has 1 aliphatic rings. The highest BCUT2D eigenvalue weighted by molar-refractivity contribution is 6.04. The van der Waals surface area contributed by atoms with Crippen LogP contribution >= 0.6 is 0 Å². The molecule has 4 aromatic rings. The van der Waals surface area contributed by atoms with Gasteiger partial charge in [0.2, 0.25) is 11.8 Å². The molecular weight excluding hydrogens is 596 g/mol. The van der Waals surface area contributed by atoms with Crippen LogP contribution < -0.4 is 5.73 Å². The van der Waals surface area contributed by atoms with Gasteiger partial charge in [-0.15, -0.1) is 0 Å². The van der Waals surface area contributed by atoms with E-state index in [0.717, 1.165) is 28.7 Å². The van der Waals surface area contributed by atoms with Crippen LogP contribution in [0.3, 0.4) is 0 Å². The van der Waals surface area contributed by atoms with E-state index in [-0.39, 0.29) is 25.7 Å². The zero-order valence-corrected chi connectivity index (χ0v) is 28.3. The standard InChI is InChI=1S/C42H50N2O4/c1-32(41(47,28-34-18-8-3-9-19-34)29-35-20-10-4-11-21-35)44(39(46)40(38(43)45)26-16-7-17-27-40)33(2)42(48,30-36-22-12-5-13-23-36)31-37-24-14-6-15-25-37/h3-6,8-15,18-25,32-33,47-48H,7,16-17,26-31H2,1-2H3,(H2,43,45)/t32-,33-/m1/s1. The molecule has 0 bridgehead atoms. The molecule has 2 amide bonds. The fourth-order valence-electron chi connectivity index (χ4n) is 7.69. The van der Waals surface area contributed by atoms with Crippen LogP contribution in [0.15, 0.2) is 121 Å². The van der Waals surface area contributed by atoms with Crippen LogP contribution in [0, 0.1) is 5.41 Å². The van der Waals surface area contributed by atoms with Gasteiger partial charge in [0, 0.05) is 25.7 Å². The number of benzene rings is 4. The number of aliphatic hydroxyl groups is 2. The van der Waals surface area contributed by atoms with E-state index in [1.54, 1.807) is 4.90 Å². The molecule has 1 saturated carbocycles. The average molecular weight is 647 g/mol. The summed E-state index contributed by atoms with van der Waals surface area (Å²) in [5, 5.41) is 25.9. The summed E-state index contributed by atoms with van der Waals surface area (Å²) >= 11 is 0. The minimum atomic E-state index is -1.46. The van der Waals surface area contributed by atoms with Crippen molar-refractivity contribution in [2.45, 2.75) is 94.9 Å². The lowest BCUT2D eigenvalue weighted by Gasteiger charge is -2.51. The summed E-state index contributed by atoms with van der Waals surface area (Å²) in [4.78, 5) is 30.3. The van der Waals surface area contributed by atoms with Crippen molar-refractivity contribution in [3.05, 3.63) is 144 Å². The van der Waals surface area contributed by atoms with Gasteiger partial charge in [0.1, 0.15) is 5.41 Å². The second kappa shape index (κ2) is 15.3. The van der Waals surface area contributed by atoms with E-state index in [2.05, 4.69) is 0 Å². The van der Waals surface area contributed by atoms with Crippen molar-refractivity contribution in [1.29, 1.82) is 0 Å². The van der Waals surface area contributed by atoms with Gasteiger partial charge in [-0.25, -0.2) is 0 Å². The van der Waals surface area contributed by atoms with Crippen molar-refractivity contribution in [2.75, 3.05) is 0 Å². The number of nitrogens with zero attached hydrogens (tertiary/aromatic N) is 1. The Morgan fingerprint density at radius 3 is 1.17 bits per heavy atom. The summed E-state index contributed by atoms with van der Waals surface area (Å²) in [6, 6.07) is 37.5. The van der Waals surface area contributed by atoms with Gasteiger partial charge in [-0.1, -0.05) is 141 Å². The van der Waals surface area contributed by atoms with E-state index in [9.17, 15) is 15.0 Å².